The zero-order chi connectivity index (χ0) is 19.4. The molecule has 0 saturated heterocycles. The van der Waals surface area contributed by atoms with Gasteiger partial charge < -0.3 is 4.57 Å². The average molecular weight is 364 g/mol. The first kappa shape index (κ1) is 19.3. The van der Waals surface area contributed by atoms with E-state index in [2.05, 4.69) is 34.7 Å². The normalized spacial score (nSPS) is 13.7. The van der Waals surface area contributed by atoms with E-state index in [1.807, 2.05) is 19.1 Å². The number of carbonyl (C=O) groups excluding carboxylic acids is 1. The molecule has 1 saturated carbocycles. The smallest absolute Gasteiger partial charge is 0.137 e. The van der Waals surface area contributed by atoms with E-state index in [4.69, 9.17) is 5.26 Å². The predicted octanol–water partition coefficient (Wildman–Crippen LogP) is 4.13. The fourth-order valence-corrected chi connectivity index (χ4v) is 3.36. The van der Waals surface area contributed by atoms with Crippen LogP contribution in [-0.4, -0.2) is 20.5 Å². The van der Waals surface area contributed by atoms with Crippen LogP contribution < -0.4 is 0 Å². The third kappa shape index (κ3) is 5.03. The standard InChI is InChI=1S/C22H28N4O/c1-15(2)4-10-21-24-25-22(26(21)19-7-8-19)11-9-20(27)13-18-12-17(14-23)6-5-16(18)3/h5-6,12,15,19H,4,7-11,13H2,1-3H3. The second-order valence-corrected chi connectivity index (χ2v) is 8.03. The van der Waals surface area contributed by atoms with Crippen molar-refractivity contribution in [3.05, 3.63) is 46.5 Å². The van der Waals surface area contributed by atoms with Crippen LogP contribution in [0.2, 0.25) is 0 Å². The van der Waals surface area contributed by atoms with Crippen LogP contribution in [0.25, 0.3) is 0 Å². The zero-order valence-corrected chi connectivity index (χ0v) is 16.5. The second kappa shape index (κ2) is 8.47. The van der Waals surface area contributed by atoms with E-state index in [9.17, 15) is 4.79 Å². The zero-order valence-electron chi connectivity index (χ0n) is 16.5. The van der Waals surface area contributed by atoms with E-state index in [1.165, 1.54) is 12.8 Å². The van der Waals surface area contributed by atoms with E-state index in [-0.39, 0.29) is 5.78 Å². The Morgan fingerprint density at radius 1 is 1.26 bits per heavy atom. The molecular weight excluding hydrogens is 336 g/mol. The lowest BCUT2D eigenvalue weighted by atomic mass is 9.99. The van der Waals surface area contributed by atoms with Gasteiger partial charge in [-0.15, -0.1) is 10.2 Å². The van der Waals surface area contributed by atoms with Crippen LogP contribution >= 0.6 is 0 Å². The van der Waals surface area contributed by atoms with Gasteiger partial charge in [-0.2, -0.15) is 5.26 Å². The Balaban J connectivity index is 1.63. The van der Waals surface area contributed by atoms with Gasteiger partial charge in [-0.1, -0.05) is 19.9 Å². The van der Waals surface area contributed by atoms with Crippen LogP contribution in [0.5, 0.6) is 0 Å². The Morgan fingerprint density at radius 3 is 2.59 bits per heavy atom. The van der Waals surface area contributed by atoms with Crippen molar-refractivity contribution in [2.45, 2.75) is 71.8 Å². The van der Waals surface area contributed by atoms with Crippen LogP contribution in [0.15, 0.2) is 18.2 Å². The lowest BCUT2D eigenvalue weighted by Crippen LogP contribution is -2.11. The molecule has 5 heteroatoms. The van der Waals surface area contributed by atoms with Crippen LogP contribution in [0, 0.1) is 24.2 Å². The molecule has 0 spiro atoms. The molecule has 1 aromatic carbocycles. The largest absolute Gasteiger partial charge is 0.312 e. The summed E-state index contributed by atoms with van der Waals surface area (Å²) in [4.78, 5) is 12.5. The summed E-state index contributed by atoms with van der Waals surface area (Å²) in [6.07, 6.45) is 5.92. The van der Waals surface area contributed by atoms with Gasteiger partial charge >= 0.3 is 0 Å². The molecule has 142 valence electrons. The van der Waals surface area contributed by atoms with Crippen molar-refractivity contribution in [2.75, 3.05) is 0 Å². The van der Waals surface area contributed by atoms with Gasteiger partial charge in [0, 0.05) is 31.7 Å². The summed E-state index contributed by atoms with van der Waals surface area (Å²) in [6.45, 7) is 6.43. The summed E-state index contributed by atoms with van der Waals surface area (Å²) in [5.41, 5.74) is 2.60. The minimum Gasteiger partial charge on any atom is -0.312 e. The Hall–Kier alpha value is -2.48. The Kier molecular flexibility index (Phi) is 6.05. The maximum absolute atomic E-state index is 12.5. The molecule has 1 aromatic heterocycles. The number of aromatic nitrogens is 3. The van der Waals surface area contributed by atoms with E-state index >= 15 is 0 Å². The van der Waals surface area contributed by atoms with E-state index < -0.39 is 0 Å². The molecule has 1 heterocycles. The lowest BCUT2D eigenvalue weighted by molar-refractivity contribution is -0.118. The number of rotatable bonds is 9. The topological polar surface area (TPSA) is 71.6 Å². The molecule has 5 nitrogen and oxygen atoms in total. The fourth-order valence-electron chi connectivity index (χ4n) is 3.36. The van der Waals surface area contributed by atoms with Crippen molar-refractivity contribution in [3.8, 4) is 6.07 Å². The Morgan fingerprint density at radius 2 is 1.96 bits per heavy atom. The number of hydrogen-bond acceptors (Lipinski definition) is 4. The van der Waals surface area contributed by atoms with Gasteiger partial charge in [0.2, 0.25) is 0 Å². The third-order valence-electron chi connectivity index (χ3n) is 5.19. The van der Waals surface area contributed by atoms with Crippen LogP contribution in [0.3, 0.4) is 0 Å². The highest BCUT2D eigenvalue weighted by Gasteiger charge is 2.29. The van der Waals surface area contributed by atoms with Crippen molar-refractivity contribution >= 4 is 5.78 Å². The molecular formula is C22H28N4O. The number of nitriles is 1. The maximum Gasteiger partial charge on any atom is 0.137 e. The predicted molar refractivity (Wildman–Crippen MR) is 104 cm³/mol. The number of benzene rings is 1. The number of aryl methyl sites for hydroxylation is 3. The molecule has 1 aliphatic rings. The molecule has 0 N–H and O–H groups in total. The molecule has 0 bridgehead atoms. The van der Waals surface area contributed by atoms with Gasteiger partial charge in [-0.25, -0.2) is 0 Å². The first-order valence-electron chi connectivity index (χ1n) is 9.92. The van der Waals surface area contributed by atoms with E-state index in [1.54, 1.807) is 6.07 Å². The van der Waals surface area contributed by atoms with Crippen LogP contribution in [0.4, 0.5) is 0 Å². The molecule has 0 radical (unpaired) electrons. The molecule has 0 amide bonds. The highest BCUT2D eigenvalue weighted by molar-refractivity contribution is 5.81. The first-order chi connectivity index (χ1) is 13.0. The van der Waals surface area contributed by atoms with Gasteiger partial charge in [-0.3, -0.25) is 4.79 Å². The molecule has 27 heavy (non-hydrogen) atoms. The Bertz CT molecular complexity index is 856. The van der Waals surface area contributed by atoms with E-state index in [0.29, 0.717) is 36.8 Å². The number of Topliss-reactive ketones (excluding diaryl/α,β-unsaturated/α-hetero) is 1. The second-order valence-electron chi connectivity index (χ2n) is 8.03. The number of ketones is 1. The Labute approximate surface area is 161 Å². The minimum absolute atomic E-state index is 0.183. The molecule has 0 unspecified atom stereocenters. The molecule has 0 aliphatic heterocycles. The van der Waals surface area contributed by atoms with Gasteiger partial charge in [0.05, 0.1) is 11.6 Å². The number of hydrogen-bond donors (Lipinski definition) is 0. The van der Waals surface area contributed by atoms with Gasteiger partial charge in [0.1, 0.15) is 17.4 Å². The molecule has 1 fully saturated rings. The summed E-state index contributed by atoms with van der Waals surface area (Å²) in [5, 5.41) is 17.9. The van der Waals surface area contributed by atoms with Crippen molar-refractivity contribution in [1.29, 1.82) is 5.26 Å². The minimum atomic E-state index is 0.183. The van der Waals surface area contributed by atoms with Crippen molar-refractivity contribution in [3.63, 3.8) is 0 Å². The lowest BCUT2D eigenvalue weighted by Gasteiger charge is -2.10. The average Bonchev–Trinajstić information content (AvgIpc) is 3.40. The monoisotopic (exact) mass is 364 g/mol. The highest BCUT2D eigenvalue weighted by atomic mass is 16.1. The van der Waals surface area contributed by atoms with Crippen LogP contribution in [-0.2, 0) is 24.1 Å². The quantitative estimate of drug-likeness (QED) is 0.671. The van der Waals surface area contributed by atoms with E-state index in [0.717, 1.165) is 35.6 Å². The molecule has 0 atom stereocenters. The van der Waals surface area contributed by atoms with Crippen molar-refractivity contribution in [1.82, 2.24) is 14.8 Å². The van der Waals surface area contributed by atoms with Crippen molar-refractivity contribution < 1.29 is 4.79 Å². The highest BCUT2D eigenvalue weighted by Crippen LogP contribution is 2.37. The SMILES string of the molecule is Cc1ccc(C#N)cc1CC(=O)CCc1nnc(CCC(C)C)n1C1CC1. The molecule has 2 aromatic rings. The maximum atomic E-state index is 12.5. The number of carbonyl (C=O) groups is 1. The van der Waals surface area contributed by atoms with Crippen molar-refractivity contribution in [2.24, 2.45) is 5.92 Å². The third-order valence-corrected chi connectivity index (χ3v) is 5.19. The van der Waals surface area contributed by atoms with Gasteiger partial charge in [0.25, 0.3) is 0 Å². The number of nitrogens with zero attached hydrogens (tertiary/aromatic N) is 4. The molecule has 1 aliphatic carbocycles. The summed E-state index contributed by atoms with van der Waals surface area (Å²) in [6, 6.07) is 8.20. The van der Waals surface area contributed by atoms with Gasteiger partial charge in [-0.05, 0) is 55.4 Å². The summed E-state index contributed by atoms with van der Waals surface area (Å²) in [7, 11) is 0. The van der Waals surface area contributed by atoms with Gasteiger partial charge in [0.15, 0.2) is 0 Å². The fraction of sp³-hybridized carbons (Fsp3) is 0.545. The van der Waals surface area contributed by atoms with Crippen LogP contribution in [0.1, 0.15) is 73.9 Å². The first-order valence-corrected chi connectivity index (χ1v) is 9.92. The summed E-state index contributed by atoms with van der Waals surface area (Å²) in [5.74, 6) is 2.85. The molecule has 3 rings (SSSR count). The summed E-state index contributed by atoms with van der Waals surface area (Å²) < 4.78 is 2.29. The summed E-state index contributed by atoms with van der Waals surface area (Å²) >= 11 is 0.